The molecule has 1 unspecified atom stereocenters. The van der Waals surface area contributed by atoms with Gasteiger partial charge in [-0.3, -0.25) is 4.79 Å². The number of ether oxygens (including phenoxy) is 1. The summed E-state index contributed by atoms with van der Waals surface area (Å²) in [6, 6.07) is 15.4. The number of alkyl carbamates (subject to hydrolysis) is 1. The quantitative estimate of drug-likeness (QED) is 0.536. The normalized spacial score (nSPS) is 17.7. The number of amides is 2. The molecule has 2 aromatic rings. The van der Waals surface area contributed by atoms with E-state index in [2.05, 4.69) is 39.8 Å². The van der Waals surface area contributed by atoms with Gasteiger partial charge in [0.1, 0.15) is 12.6 Å². The van der Waals surface area contributed by atoms with Crippen molar-refractivity contribution < 1.29 is 24.2 Å². The Morgan fingerprint density at radius 2 is 1.63 bits per heavy atom. The highest BCUT2D eigenvalue weighted by molar-refractivity contribution is 5.84. The summed E-state index contributed by atoms with van der Waals surface area (Å²) >= 11 is 0. The highest BCUT2D eigenvalue weighted by Crippen LogP contribution is 2.44. The number of benzene rings is 2. The number of piperidine rings is 1. The smallest absolute Gasteiger partial charge is 0.407 e. The van der Waals surface area contributed by atoms with Crippen LogP contribution in [0.5, 0.6) is 0 Å². The van der Waals surface area contributed by atoms with Crippen molar-refractivity contribution in [2.24, 2.45) is 0 Å². The third kappa shape index (κ3) is 5.48. The van der Waals surface area contributed by atoms with Crippen molar-refractivity contribution in [3.8, 4) is 11.1 Å². The summed E-state index contributed by atoms with van der Waals surface area (Å²) in [7, 11) is 1.99. The third-order valence-corrected chi connectivity index (χ3v) is 7.20. The predicted molar refractivity (Wildman–Crippen MR) is 132 cm³/mol. The summed E-state index contributed by atoms with van der Waals surface area (Å²) < 4.78 is 5.73. The molecule has 35 heavy (non-hydrogen) atoms. The predicted octanol–water partition coefficient (Wildman–Crippen LogP) is 3.36. The van der Waals surface area contributed by atoms with E-state index in [1.165, 1.54) is 0 Å². The number of hydrogen-bond donors (Lipinski definition) is 3. The van der Waals surface area contributed by atoms with Gasteiger partial charge in [-0.05, 0) is 48.6 Å². The molecule has 1 saturated heterocycles. The van der Waals surface area contributed by atoms with Crippen LogP contribution in [0.15, 0.2) is 48.5 Å². The molecule has 0 radical (unpaired) electrons. The fourth-order valence-electron chi connectivity index (χ4n) is 5.13. The number of carbonyl (C=O) groups excluding carboxylic acids is 2. The van der Waals surface area contributed by atoms with Gasteiger partial charge >= 0.3 is 12.1 Å². The average Bonchev–Trinajstić information content (AvgIpc) is 3.16. The van der Waals surface area contributed by atoms with Gasteiger partial charge in [-0.1, -0.05) is 55.5 Å². The molecule has 3 N–H and O–H groups in total. The number of carboxylic acid groups (broad SMARTS) is 1. The van der Waals surface area contributed by atoms with Gasteiger partial charge in [-0.15, -0.1) is 0 Å². The number of nitrogens with one attached hydrogen (secondary N) is 2. The molecule has 2 aliphatic rings. The van der Waals surface area contributed by atoms with Crippen LogP contribution in [-0.2, 0) is 14.3 Å². The van der Waals surface area contributed by atoms with Crippen LogP contribution in [0.4, 0.5) is 4.79 Å². The van der Waals surface area contributed by atoms with Crippen LogP contribution in [-0.4, -0.2) is 66.3 Å². The molecule has 1 heterocycles. The van der Waals surface area contributed by atoms with Crippen LogP contribution < -0.4 is 10.6 Å². The fraction of sp³-hybridized carbons (Fsp3) is 0.444. The molecule has 0 saturated carbocycles. The van der Waals surface area contributed by atoms with Gasteiger partial charge in [0.25, 0.3) is 0 Å². The van der Waals surface area contributed by atoms with Crippen LogP contribution >= 0.6 is 0 Å². The Hall–Kier alpha value is -3.39. The second-order valence-corrected chi connectivity index (χ2v) is 9.58. The molecule has 1 aliphatic carbocycles. The van der Waals surface area contributed by atoms with Crippen molar-refractivity contribution in [2.45, 2.75) is 50.1 Å². The molecule has 186 valence electrons. The number of likely N-dealkylation sites (tertiary alicyclic amines) is 1. The Labute approximate surface area is 205 Å². The van der Waals surface area contributed by atoms with E-state index in [1.807, 2.05) is 31.3 Å². The molecule has 1 aliphatic heterocycles. The molecule has 0 spiro atoms. The Kier molecular flexibility index (Phi) is 7.40. The molecule has 0 aromatic heterocycles. The lowest BCUT2D eigenvalue weighted by Gasteiger charge is -2.40. The van der Waals surface area contributed by atoms with Crippen molar-refractivity contribution in [1.29, 1.82) is 0 Å². The zero-order valence-corrected chi connectivity index (χ0v) is 20.3. The van der Waals surface area contributed by atoms with E-state index in [9.17, 15) is 19.5 Å². The SMILES string of the molecule is CCC(NC(=O)CC1(NC(=O)OCC2c3ccccc3-c3ccccc32)CCN(C)CC1)C(=O)O. The van der Waals surface area contributed by atoms with Crippen LogP contribution in [0.25, 0.3) is 11.1 Å². The number of rotatable bonds is 8. The molecule has 1 atom stereocenters. The van der Waals surface area contributed by atoms with Crippen LogP contribution in [0.2, 0.25) is 0 Å². The average molecular weight is 480 g/mol. The lowest BCUT2D eigenvalue weighted by molar-refractivity contribution is -0.142. The van der Waals surface area contributed by atoms with Crippen LogP contribution in [0, 0.1) is 0 Å². The van der Waals surface area contributed by atoms with E-state index in [4.69, 9.17) is 4.74 Å². The molecular weight excluding hydrogens is 446 g/mol. The number of carbonyl (C=O) groups is 3. The monoisotopic (exact) mass is 479 g/mol. The maximum atomic E-state index is 13.0. The number of fused-ring (bicyclic) bond motifs is 3. The first-order chi connectivity index (χ1) is 16.8. The summed E-state index contributed by atoms with van der Waals surface area (Å²) in [6.45, 7) is 3.33. The second kappa shape index (κ2) is 10.5. The minimum Gasteiger partial charge on any atom is -0.480 e. The van der Waals surface area contributed by atoms with Crippen molar-refractivity contribution >= 4 is 18.0 Å². The van der Waals surface area contributed by atoms with E-state index >= 15 is 0 Å². The maximum absolute atomic E-state index is 13.0. The third-order valence-electron chi connectivity index (χ3n) is 7.20. The first-order valence-corrected chi connectivity index (χ1v) is 12.2. The standard InChI is InChI=1S/C27H33N3O5/c1-3-23(25(32)33)28-24(31)16-27(12-14-30(2)15-13-27)29-26(34)35-17-22-20-10-6-4-8-18(20)19-9-5-7-11-21(19)22/h4-11,22-23H,3,12-17H2,1-2H3,(H,28,31)(H,29,34)(H,32,33). The number of nitrogens with zero attached hydrogens (tertiary/aromatic N) is 1. The first-order valence-electron chi connectivity index (χ1n) is 12.2. The summed E-state index contributed by atoms with van der Waals surface area (Å²) in [5.41, 5.74) is 3.80. The topological polar surface area (TPSA) is 108 Å². The number of aliphatic carboxylic acids is 1. The van der Waals surface area contributed by atoms with E-state index < -0.39 is 23.6 Å². The lowest BCUT2D eigenvalue weighted by atomic mass is 9.84. The number of carboxylic acids is 1. The van der Waals surface area contributed by atoms with Crippen molar-refractivity contribution in [2.75, 3.05) is 26.7 Å². The first kappa shape index (κ1) is 24.7. The van der Waals surface area contributed by atoms with Crippen LogP contribution in [0.3, 0.4) is 0 Å². The van der Waals surface area contributed by atoms with E-state index in [0.29, 0.717) is 25.9 Å². The highest BCUT2D eigenvalue weighted by Gasteiger charge is 2.39. The summed E-state index contributed by atoms with van der Waals surface area (Å²) in [6.07, 6.45) is 0.885. The van der Waals surface area contributed by atoms with Gasteiger partial charge in [0.2, 0.25) is 5.91 Å². The zero-order valence-electron chi connectivity index (χ0n) is 20.3. The molecule has 0 bridgehead atoms. The number of hydrogen-bond acceptors (Lipinski definition) is 5. The van der Waals surface area contributed by atoms with Gasteiger partial charge in [0.15, 0.2) is 0 Å². The van der Waals surface area contributed by atoms with E-state index in [-0.39, 0.29) is 31.3 Å². The van der Waals surface area contributed by atoms with Crippen molar-refractivity contribution in [1.82, 2.24) is 15.5 Å². The van der Waals surface area contributed by atoms with E-state index in [0.717, 1.165) is 22.3 Å². The Balaban J connectivity index is 1.43. The molecule has 2 amide bonds. The molecular formula is C27H33N3O5. The molecule has 4 rings (SSSR count). The van der Waals surface area contributed by atoms with Gasteiger partial charge < -0.3 is 25.4 Å². The Morgan fingerprint density at radius 3 is 2.17 bits per heavy atom. The molecule has 2 aromatic carbocycles. The Morgan fingerprint density at radius 1 is 1.06 bits per heavy atom. The van der Waals surface area contributed by atoms with Gasteiger partial charge in [-0.25, -0.2) is 9.59 Å². The minimum absolute atomic E-state index is 0.00875. The fourth-order valence-corrected chi connectivity index (χ4v) is 5.13. The minimum atomic E-state index is -1.07. The van der Waals surface area contributed by atoms with Gasteiger partial charge in [0.05, 0.1) is 5.54 Å². The highest BCUT2D eigenvalue weighted by atomic mass is 16.5. The van der Waals surface area contributed by atoms with Crippen molar-refractivity contribution in [3.05, 3.63) is 59.7 Å². The Bertz CT molecular complexity index is 1050. The molecule has 8 heteroatoms. The summed E-state index contributed by atoms with van der Waals surface area (Å²) in [5.74, 6) is -1.50. The second-order valence-electron chi connectivity index (χ2n) is 9.58. The lowest BCUT2D eigenvalue weighted by Crippen LogP contribution is -2.57. The van der Waals surface area contributed by atoms with Crippen LogP contribution in [0.1, 0.15) is 49.7 Å². The summed E-state index contributed by atoms with van der Waals surface area (Å²) in [5, 5.41) is 14.8. The summed E-state index contributed by atoms with van der Waals surface area (Å²) in [4.78, 5) is 39.2. The largest absolute Gasteiger partial charge is 0.480 e. The zero-order chi connectivity index (χ0) is 25.0. The maximum Gasteiger partial charge on any atom is 0.407 e. The van der Waals surface area contributed by atoms with E-state index in [1.54, 1.807) is 6.92 Å². The van der Waals surface area contributed by atoms with Gasteiger partial charge in [0, 0.05) is 25.4 Å². The molecule has 1 fully saturated rings. The van der Waals surface area contributed by atoms with Gasteiger partial charge in [-0.2, -0.15) is 0 Å². The van der Waals surface area contributed by atoms with Crippen molar-refractivity contribution in [3.63, 3.8) is 0 Å². The molecule has 8 nitrogen and oxygen atoms in total.